The minimum absolute atomic E-state index is 0.344. The van der Waals surface area contributed by atoms with Crippen LogP contribution in [-0.2, 0) is 0 Å². The van der Waals surface area contributed by atoms with Crippen molar-refractivity contribution >= 4 is 0 Å². The summed E-state index contributed by atoms with van der Waals surface area (Å²) in [6.45, 7) is 3.64. The maximum Gasteiger partial charge on any atom is 0.289 e. The van der Waals surface area contributed by atoms with Gasteiger partial charge in [-0.3, -0.25) is 0 Å². The summed E-state index contributed by atoms with van der Waals surface area (Å²) >= 11 is 0. The molecule has 0 saturated carbocycles. The molecule has 0 spiro atoms. The molecule has 0 N–H and O–H groups in total. The highest BCUT2D eigenvalue weighted by molar-refractivity contribution is 5.62. The Labute approximate surface area is 128 Å². The van der Waals surface area contributed by atoms with E-state index in [-0.39, 0.29) is 0 Å². The first-order chi connectivity index (χ1) is 10.6. The monoisotopic (exact) mass is 292 g/mol. The summed E-state index contributed by atoms with van der Waals surface area (Å²) in [7, 11) is 0. The summed E-state index contributed by atoms with van der Waals surface area (Å²) in [6, 6.07) is 16.8. The molecule has 3 aromatic rings. The van der Waals surface area contributed by atoms with Crippen LogP contribution >= 0.6 is 0 Å². The summed E-state index contributed by atoms with van der Waals surface area (Å²) in [6.07, 6.45) is 1.33. The lowest BCUT2D eigenvalue weighted by atomic mass is 10.1. The molecule has 0 fully saturated rings. The average Bonchev–Trinajstić information content (AvgIpc) is 2.54. The second-order valence-electron chi connectivity index (χ2n) is 5.30. The number of hydrogen-bond acceptors (Lipinski definition) is 2. The molecule has 110 valence electrons. The van der Waals surface area contributed by atoms with Crippen molar-refractivity contribution in [2.24, 2.45) is 0 Å². The Balaban J connectivity index is 2.29. The van der Waals surface area contributed by atoms with Crippen molar-refractivity contribution < 1.29 is 4.43 Å². The van der Waals surface area contributed by atoms with E-state index in [1.165, 1.54) is 6.20 Å². The first kappa shape index (κ1) is 14.1. The predicted molar refractivity (Wildman–Crippen MR) is 86.9 cm³/mol. The van der Waals surface area contributed by atoms with Crippen molar-refractivity contribution in [3.63, 3.8) is 0 Å². The minimum atomic E-state index is 0.344. The molecule has 3 rings (SSSR count). The van der Waals surface area contributed by atoms with Crippen LogP contribution in [0.3, 0.4) is 0 Å². The van der Waals surface area contributed by atoms with Crippen LogP contribution in [0.4, 0.5) is 0 Å². The van der Waals surface area contributed by atoms with Gasteiger partial charge in [-0.05, 0) is 38.1 Å². The standard InChI is InChI=1S/C18H16N2O2/c1-13-8-10-16(11-9-13)18-14(2)19(21)12-17(20(18)22)15-6-4-3-5-7-15/h3-12H,1-2H3. The van der Waals surface area contributed by atoms with E-state index in [0.29, 0.717) is 17.1 Å². The van der Waals surface area contributed by atoms with Crippen LogP contribution in [0.15, 0.2) is 60.8 Å². The Hall–Kier alpha value is -2.88. The third kappa shape index (κ3) is 2.39. The third-order valence-electron chi connectivity index (χ3n) is 3.73. The zero-order valence-electron chi connectivity index (χ0n) is 12.5. The number of aryl methyl sites for hydroxylation is 1. The largest absolute Gasteiger partial charge is 0.805 e. The summed E-state index contributed by atoms with van der Waals surface area (Å²) in [5.74, 6) is 0. The van der Waals surface area contributed by atoms with Crippen LogP contribution in [-0.4, -0.2) is 4.73 Å². The van der Waals surface area contributed by atoms with Crippen molar-refractivity contribution in [2.75, 3.05) is 0 Å². The molecule has 1 heterocycles. The van der Waals surface area contributed by atoms with Gasteiger partial charge >= 0.3 is 0 Å². The molecule has 1 aromatic heterocycles. The van der Waals surface area contributed by atoms with Crippen LogP contribution in [0.2, 0.25) is 0 Å². The topological polar surface area (TPSA) is 51.0 Å². The molecular weight excluding hydrogens is 276 g/mol. The molecule has 0 saturated heterocycles. The lowest BCUT2D eigenvalue weighted by Crippen LogP contribution is -2.25. The highest BCUT2D eigenvalue weighted by atomic mass is 16.5. The van der Waals surface area contributed by atoms with E-state index in [9.17, 15) is 10.1 Å². The summed E-state index contributed by atoms with van der Waals surface area (Å²) in [4.78, 5) is 12.8. The maximum absolute atomic E-state index is 12.8. The SMILES string of the molecule is Cc1ccc(-c2c(C)n([O-])cc(-c3ccccc3)[n+]2=O)cc1. The Morgan fingerprint density at radius 3 is 2.18 bits per heavy atom. The van der Waals surface area contributed by atoms with Gasteiger partial charge in [-0.15, -0.1) is 0 Å². The van der Waals surface area contributed by atoms with Crippen molar-refractivity contribution in [1.82, 2.24) is 4.73 Å². The Morgan fingerprint density at radius 1 is 0.909 bits per heavy atom. The average molecular weight is 292 g/mol. The molecule has 0 bridgehead atoms. The molecule has 4 heteroatoms. The van der Waals surface area contributed by atoms with Gasteiger partial charge < -0.3 is 9.94 Å². The fourth-order valence-corrected chi connectivity index (χ4v) is 2.47. The van der Waals surface area contributed by atoms with Crippen LogP contribution in [0.1, 0.15) is 11.3 Å². The van der Waals surface area contributed by atoms with E-state index >= 15 is 0 Å². The quantitative estimate of drug-likeness (QED) is 0.676. The third-order valence-corrected chi connectivity index (χ3v) is 3.73. The van der Waals surface area contributed by atoms with Gasteiger partial charge in [-0.2, -0.15) is 0 Å². The number of hydrogen-bond donors (Lipinski definition) is 0. The molecule has 0 amide bonds. The zero-order chi connectivity index (χ0) is 15.7. The normalized spacial score (nSPS) is 10.6. The van der Waals surface area contributed by atoms with Crippen LogP contribution < -0.4 is 4.43 Å². The number of benzene rings is 2. The first-order valence-electron chi connectivity index (χ1n) is 7.06. The van der Waals surface area contributed by atoms with Gasteiger partial charge in [0.2, 0.25) is 0 Å². The van der Waals surface area contributed by atoms with E-state index < -0.39 is 0 Å². The van der Waals surface area contributed by atoms with Crippen molar-refractivity contribution in [2.45, 2.75) is 13.8 Å². The fourth-order valence-electron chi connectivity index (χ4n) is 2.47. The lowest BCUT2D eigenvalue weighted by Gasteiger charge is -2.14. The Kier molecular flexibility index (Phi) is 3.51. The van der Waals surface area contributed by atoms with Gasteiger partial charge in [0.05, 0.1) is 27.4 Å². The van der Waals surface area contributed by atoms with E-state index in [1.54, 1.807) is 6.92 Å². The molecule has 0 aliphatic heterocycles. The maximum atomic E-state index is 12.8. The molecule has 2 aromatic carbocycles. The number of aromatic nitrogens is 2. The smallest absolute Gasteiger partial charge is 0.289 e. The van der Waals surface area contributed by atoms with E-state index in [1.807, 2.05) is 61.5 Å². The summed E-state index contributed by atoms with van der Waals surface area (Å²) in [5, 5.41) is 12.2. The molecule has 0 aliphatic rings. The summed E-state index contributed by atoms with van der Waals surface area (Å²) < 4.78 is 1.59. The van der Waals surface area contributed by atoms with E-state index in [4.69, 9.17) is 0 Å². The Morgan fingerprint density at radius 2 is 1.55 bits per heavy atom. The molecule has 0 unspecified atom stereocenters. The van der Waals surface area contributed by atoms with Gasteiger partial charge in [0, 0.05) is 4.91 Å². The van der Waals surface area contributed by atoms with Gasteiger partial charge in [0.15, 0.2) is 0 Å². The van der Waals surface area contributed by atoms with Gasteiger partial charge in [0.1, 0.15) is 0 Å². The predicted octanol–water partition coefficient (Wildman–Crippen LogP) is 3.70. The fraction of sp³-hybridized carbons (Fsp3) is 0.111. The van der Waals surface area contributed by atoms with Crippen molar-refractivity contribution in [3.05, 3.63) is 82.2 Å². The van der Waals surface area contributed by atoms with E-state index in [0.717, 1.165) is 25.8 Å². The highest BCUT2D eigenvalue weighted by Crippen LogP contribution is 2.23. The van der Waals surface area contributed by atoms with Crippen LogP contribution in [0.25, 0.3) is 22.5 Å². The molecule has 0 atom stereocenters. The lowest BCUT2D eigenvalue weighted by molar-refractivity contribution is -0.470. The van der Waals surface area contributed by atoms with Gasteiger partial charge in [-0.1, -0.05) is 35.9 Å². The Bertz CT molecular complexity index is 866. The number of rotatable bonds is 2. The van der Waals surface area contributed by atoms with Gasteiger partial charge in [-0.25, -0.2) is 0 Å². The molecule has 4 nitrogen and oxygen atoms in total. The zero-order valence-corrected chi connectivity index (χ0v) is 12.5. The summed E-state index contributed by atoms with van der Waals surface area (Å²) in [5.41, 5.74) is 3.68. The molecule has 0 aliphatic carbocycles. The first-order valence-corrected chi connectivity index (χ1v) is 7.06. The van der Waals surface area contributed by atoms with E-state index in [2.05, 4.69) is 0 Å². The second kappa shape index (κ2) is 5.48. The minimum Gasteiger partial charge on any atom is -0.805 e. The van der Waals surface area contributed by atoms with Gasteiger partial charge in [0.25, 0.3) is 11.4 Å². The molecule has 0 radical (unpaired) electrons. The van der Waals surface area contributed by atoms with Crippen LogP contribution in [0.5, 0.6) is 0 Å². The van der Waals surface area contributed by atoms with Crippen molar-refractivity contribution in [1.29, 1.82) is 0 Å². The molecular formula is C18H16N2O2. The highest BCUT2D eigenvalue weighted by Gasteiger charge is 2.22. The molecule has 22 heavy (non-hydrogen) atoms. The van der Waals surface area contributed by atoms with Crippen molar-refractivity contribution in [3.8, 4) is 22.5 Å². The number of nitrogens with zero attached hydrogens (tertiary/aromatic N) is 2. The van der Waals surface area contributed by atoms with Crippen LogP contribution in [0, 0.1) is 24.0 Å². The second-order valence-corrected chi connectivity index (χ2v) is 5.30.